The molecule has 0 fully saturated rings. The normalized spacial score (nSPS) is 13.1. The minimum absolute atomic E-state index is 0.222. The van der Waals surface area contributed by atoms with Crippen molar-refractivity contribution in [1.82, 2.24) is 5.32 Å². The number of nitrogens with one attached hydrogen (secondary N) is 1. The van der Waals surface area contributed by atoms with Gasteiger partial charge in [-0.3, -0.25) is 4.79 Å². The monoisotopic (exact) mass is 202 g/mol. The Bertz CT molecular complexity index is 158. The molecule has 0 spiro atoms. The maximum Gasteiger partial charge on any atom is 0.234 e. The summed E-state index contributed by atoms with van der Waals surface area (Å²) in [5.41, 5.74) is 5.33. The summed E-state index contributed by atoms with van der Waals surface area (Å²) >= 11 is 0. The Morgan fingerprint density at radius 1 is 1.43 bits per heavy atom. The van der Waals surface area contributed by atoms with Gasteiger partial charge in [0.1, 0.15) is 0 Å². The highest BCUT2D eigenvalue weighted by molar-refractivity contribution is 5.80. The zero-order valence-electron chi connectivity index (χ0n) is 9.38. The lowest BCUT2D eigenvalue weighted by atomic mass is 9.93. The number of ether oxygens (including phenoxy) is 1. The molecule has 1 amide bonds. The van der Waals surface area contributed by atoms with Crippen molar-refractivity contribution in [3.63, 3.8) is 0 Å². The smallest absolute Gasteiger partial charge is 0.234 e. The number of amides is 1. The molecule has 1 atom stereocenters. The van der Waals surface area contributed by atoms with Crippen LogP contribution in [0.15, 0.2) is 0 Å². The van der Waals surface area contributed by atoms with Crippen LogP contribution >= 0.6 is 0 Å². The third-order valence-electron chi connectivity index (χ3n) is 2.50. The van der Waals surface area contributed by atoms with E-state index in [1.165, 1.54) is 0 Å². The first-order chi connectivity index (χ1) is 6.67. The van der Waals surface area contributed by atoms with Crippen LogP contribution in [0.25, 0.3) is 0 Å². The van der Waals surface area contributed by atoms with Gasteiger partial charge in [0.15, 0.2) is 0 Å². The maximum absolute atomic E-state index is 11.2. The van der Waals surface area contributed by atoms with Gasteiger partial charge in [-0.1, -0.05) is 26.7 Å². The molecular formula is C10H22N2O2. The van der Waals surface area contributed by atoms with E-state index in [0.29, 0.717) is 19.1 Å². The van der Waals surface area contributed by atoms with Gasteiger partial charge in [0.05, 0.1) is 12.6 Å². The standard InChI is InChI=1S/C10H22N2O2/c1-4-8(5-2)9(10(11)13)12-6-7-14-3/h8-9,12H,4-7H2,1-3H3,(H2,11,13). The van der Waals surface area contributed by atoms with E-state index in [9.17, 15) is 4.79 Å². The van der Waals surface area contributed by atoms with Crippen LogP contribution in [0.3, 0.4) is 0 Å². The highest BCUT2D eigenvalue weighted by Crippen LogP contribution is 2.12. The summed E-state index contributed by atoms with van der Waals surface area (Å²) in [7, 11) is 1.64. The quantitative estimate of drug-likeness (QED) is 0.564. The molecule has 0 aliphatic heterocycles. The largest absolute Gasteiger partial charge is 0.383 e. The van der Waals surface area contributed by atoms with E-state index in [2.05, 4.69) is 19.2 Å². The van der Waals surface area contributed by atoms with Crippen LogP contribution < -0.4 is 11.1 Å². The van der Waals surface area contributed by atoms with E-state index in [0.717, 1.165) is 12.8 Å². The first kappa shape index (κ1) is 13.4. The Morgan fingerprint density at radius 2 is 2.00 bits per heavy atom. The minimum Gasteiger partial charge on any atom is -0.383 e. The topological polar surface area (TPSA) is 64.3 Å². The van der Waals surface area contributed by atoms with Crippen LogP contribution in [0.1, 0.15) is 26.7 Å². The van der Waals surface area contributed by atoms with E-state index >= 15 is 0 Å². The third kappa shape index (κ3) is 4.58. The second-order valence-corrected chi connectivity index (χ2v) is 3.40. The highest BCUT2D eigenvalue weighted by atomic mass is 16.5. The molecule has 0 aliphatic rings. The molecule has 1 unspecified atom stereocenters. The second-order valence-electron chi connectivity index (χ2n) is 3.40. The Balaban J connectivity index is 4.06. The first-order valence-electron chi connectivity index (χ1n) is 5.18. The van der Waals surface area contributed by atoms with Gasteiger partial charge in [-0.25, -0.2) is 0 Å². The Morgan fingerprint density at radius 3 is 2.36 bits per heavy atom. The minimum atomic E-state index is -0.269. The van der Waals surface area contributed by atoms with Gasteiger partial charge < -0.3 is 15.8 Å². The number of rotatable bonds is 8. The SMILES string of the molecule is CCC(CC)C(NCCOC)C(N)=O. The summed E-state index contributed by atoms with van der Waals surface area (Å²) in [6, 6.07) is -0.222. The summed E-state index contributed by atoms with van der Waals surface area (Å²) in [4.78, 5) is 11.2. The molecule has 4 nitrogen and oxygen atoms in total. The summed E-state index contributed by atoms with van der Waals surface area (Å²) in [5, 5.41) is 3.12. The Kier molecular flexibility index (Phi) is 7.42. The summed E-state index contributed by atoms with van der Waals surface area (Å²) < 4.78 is 4.90. The maximum atomic E-state index is 11.2. The number of carbonyl (C=O) groups excluding carboxylic acids is 1. The van der Waals surface area contributed by atoms with Crippen molar-refractivity contribution in [3.05, 3.63) is 0 Å². The van der Waals surface area contributed by atoms with Crippen LogP contribution in [-0.4, -0.2) is 32.2 Å². The van der Waals surface area contributed by atoms with Gasteiger partial charge in [-0.05, 0) is 5.92 Å². The van der Waals surface area contributed by atoms with Crippen molar-refractivity contribution in [2.24, 2.45) is 11.7 Å². The van der Waals surface area contributed by atoms with Crippen LogP contribution in [0.2, 0.25) is 0 Å². The number of nitrogens with two attached hydrogens (primary N) is 1. The summed E-state index contributed by atoms with van der Waals surface area (Å²) in [6.07, 6.45) is 1.92. The third-order valence-corrected chi connectivity index (χ3v) is 2.50. The Labute approximate surface area is 86.2 Å². The highest BCUT2D eigenvalue weighted by Gasteiger charge is 2.22. The van der Waals surface area contributed by atoms with E-state index in [1.54, 1.807) is 7.11 Å². The molecule has 0 rings (SSSR count). The molecule has 0 bridgehead atoms. The van der Waals surface area contributed by atoms with Crippen LogP contribution in [0, 0.1) is 5.92 Å². The zero-order chi connectivity index (χ0) is 11.0. The molecule has 0 radical (unpaired) electrons. The fourth-order valence-electron chi connectivity index (χ4n) is 1.58. The number of hydrogen-bond acceptors (Lipinski definition) is 3. The van der Waals surface area contributed by atoms with Crippen molar-refractivity contribution in [3.8, 4) is 0 Å². The van der Waals surface area contributed by atoms with Gasteiger partial charge in [0, 0.05) is 13.7 Å². The number of methoxy groups -OCH3 is 1. The predicted molar refractivity (Wildman–Crippen MR) is 56.9 cm³/mol. The van der Waals surface area contributed by atoms with Crippen molar-refractivity contribution < 1.29 is 9.53 Å². The van der Waals surface area contributed by atoms with Crippen molar-refractivity contribution in [2.75, 3.05) is 20.3 Å². The van der Waals surface area contributed by atoms with Gasteiger partial charge in [-0.2, -0.15) is 0 Å². The lowest BCUT2D eigenvalue weighted by Gasteiger charge is -2.23. The fourth-order valence-corrected chi connectivity index (χ4v) is 1.58. The van der Waals surface area contributed by atoms with Gasteiger partial charge in [-0.15, -0.1) is 0 Å². The molecule has 0 saturated heterocycles. The lowest BCUT2D eigenvalue weighted by Crippen LogP contribution is -2.47. The summed E-state index contributed by atoms with van der Waals surface area (Å²) in [5.74, 6) is 0.0548. The molecule has 14 heavy (non-hydrogen) atoms. The molecule has 0 aromatic heterocycles. The van der Waals surface area contributed by atoms with Crippen LogP contribution in [0.4, 0.5) is 0 Å². The first-order valence-corrected chi connectivity index (χ1v) is 5.18. The molecule has 0 aromatic carbocycles. The van der Waals surface area contributed by atoms with E-state index in [1.807, 2.05) is 0 Å². The van der Waals surface area contributed by atoms with Crippen LogP contribution in [-0.2, 0) is 9.53 Å². The van der Waals surface area contributed by atoms with Crippen molar-refractivity contribution in [2.45, 2.75) is 32.7 Å². The molecule has 0 aromatic rings. The van der Waals surface area contributed by atoms with Gasteiger partial charge in [0.25, 0.3) is 0 Å². The fraction of sp³-hybridized carbons (Fsp3) is 0.900. The van der Waals surface area contributed by atoms with Crippen LogP contribution in [0.5, 0.6) is 0 Å². The Hall–Kier alpha value is -0.610. The molecule has 0 aliphatic carbocycles. The van der Waals surface area contributed by atoms with Crippen molar-refractivity contribution in [1.29, 1.82) is 0 Å². The number of carbonyl (C=O) groups is 1. The lowest BCUT2D eigenvalue weighted by molar-refractivity contribution is -0.121. The van der Waals surface area contributed by atoms with E-state index in [4.69, 9.17) is 10.5 Å². The van der Waals surface area contributed by atoms with Gasteiger partial charge >= 0.3 is 0 Å². The number of primary amides is 1. The molecule has 0 heterocycles. The molecular weight excluding hydrogens is 180 g/mol. The second kappa shape index (κ2) is 7.76. The predicted octanol–water partition coefficient (Wildman–Crippen LogP) is 0.513. The average Bonchev–Trinajstić information content (AvgIpc) is 2.17. The average molecular weight is 202 g/mol. The van der Waals surface area contributed by atoms with Crippen molar-refractivity contribution >= 4 is 5.91 Å². The van der Waals surface area contributed by atoms with E-state index in [-0.39, 0.29) is 11.9 Å². The molecule has 4 heteroatoms. The molecule has 84 valence electrons. The zero-order valence-corrected chi connectivity index (χ0v) is 9.38. The molecule has 3 N–H and O–H groups in total. The summed E-state index contributed by atoms with van der Waals surface area (Å²) in [6.45, 7) is 5.41. The van der Waals surface area contributed by atoms with Gasteiger partial charge in [0.2, 0.25) is 5.91 Å². The van der Waals surface area contributed by atoms with E-state index < -0.39 is 0 Å². The number of hydrogen-bond donors (Lipinski definition) is 2. The molecule has 0 saturated carbocycles.